The van der Waals surface area contributed by atoms with E-state index < -0.39 is 3.79 Å². The third kappa shape index (κ3) is 9.26. The summed E-state index contributed by atoms with van der Waals surface area (Å²) in [4.78, 5) is 0.329. The molecule has 0 aliphatic rings. The first kappa shape index (κ1) is 12.3. The molecule has 0 N–H and O–H groups in total. The van der Waals surface area contributed by atoms with Crippen LogP contribution in [0.2, 0.25) is 0 Å². The first-order chi connectivity index (χ1) is 4.95. The van der Waals surface area contributed by atoms with Crippen LogP contribution in [-0.4, -0.2) is 8.62 Å². The molecule has 0 spiro atoms. The normalized spacial score (nSPS) is 15.0. The molecule has 68 valence electrons. The van der Waals surface area contributed by atoms with E-state index in [1.54, 1.807) is 0 Å². The molecule has 0 nitrogen and oxygen atoms in total. The van der Waals surface area contributed by atoms with Crippen molar-refractivity contribution in [1.29, 1.82) is 0 Å². The van der Waals surface area contributed by atoms with E-state index in [0.717, 1.165) is 6.42 Å². The van der Waals surface area contributed by atoms with E-state index in [0.29, 0.717) is 11.2 Å². The van der Waals surface area contributed by atoms with Crippen LogP contribution in [0.15, 0.2) is 0 Å². The van der Waals surface area contributed by atoms with Gasteiger partial charge in [0.1, 0.15) is 0 Å². The van der Waals surface area contributed by atoms with Crippen molar-refractivity contribution in [1.82, 2.24) is 0 Å². The third-order valence-electron chi connectivity index (χ3n) is 1.32. The van der Waals surface area contributed by atoms with Gasteiger partial charge in [-0.2, -0.15) is 0 Å². The van der Waals surface area contributed by atoms with E-state index in [1.807, 2.05) is 0 Å². The Morgan fingerprint density at radius 1 is 1.36 bits per heavy atom. The Hall–Kier alpha value is 1.35. The number of rotatable bonds is 4. The molecule has 0 bridgehead atoms. The first-order valence-corrected chi connectivity index (χ1v) is 5.71. The molecular weight excluding hydrogens is 270 g/mol. The molecule has 11 heavy (non-hydrogen) atoms. The summed E-state index contributed by atoms with van der Waals surface area (Å²) in [5.74, 6) is 0. The molecule has 0 fully saturated rings. The number of alkyl halides is 4. The molecule has 0 amide bonds. The molecule has 0 saturated carbocycles. The maximum absolute atomic E-state index is 5.61. The Morgan fingerprint density at radius 3 is 2.27 bits per heavy atom. The number of unbranched alkanes of at least 4 members (excludes halogenated alkanes) is 1. The number of hydrogen-bond donors (Lipinski definition) is 0. The Kier molecular flexibility index (Phi) is 6.63. The van der Waals surface area contributed by atoms with Gasteiger partial charge in [0, 0.05) is 11.2 Å². The van der Waals surface area contributed by atoms with Crippen molar-refractivity contribution in [2.24, 2.45) is 0 Å². The van der Waals surface area contributed by atoms with Gasteiger partial charge in [-0.25, -0.2) is 0 Å². The predicted molar refractivity (Wildman–Crippen MR) is 57.1 cm³/mol. The van der Waals surface area contributed by atoms with Crippen molar-refractivity contribution in [3.05, 3.63) is 0 Å². The van der Waals surface area contributed by atoms with Crippen molar-refractivity contribution in [3.63, 3.8) is 0 Å². The molecule has 0 aliphatic heterocycles. The maximum Gasteiger partial charge on any atom is 0.191 e. The average molecular weight is 282 g/mol. The van der Waals surface area contributed by atoms with E-state index in [1.165, 1.54) is 12.8 Å². The minimum absolute atomic E-state index is 0.329. The molecule has 0 rings (SSSR count). The van der Waals surface area contributed by atoms with Crippen LogP contribution in [0, 0.1) is 0 Å². The average Bonchev–Trinajstić information content (AvgIpc) is 1.79. The summed E-state index contributed by atoms with van der Waals surface area (Å²) in [7, 11) is 0. The minimum Gasteiger partial charge on any atom is -0.0889 e. The summed E-state index contributed by atoms with van der Waals surface area (Å²) in [6, 6.07) is 0. The zero-order valence-electron chi connectivity index (χ0n) is 6.42. The van der Waals surface area contributed by atoms with Crippen LogP contribution < -0.4 is 0 Å². The van der Waals surface area contributed by atoms with Gasteiger partial charge in [0.25, 0.3) is 0 Å². The fraction of sp³-hybridized carbons (Fsp3) is 1.00. The van der Waals surface area contributed by atoms with E-state index in [9.17, 15) is 0 Å². The van der Waals surface area contributed by atoms with E-state index in [4.69, 9.17) is 34.8 Å². The van der Waals surface area contributed by atoms with Gasteiger partial charge in [-0.15, -0.1) is 0 Å². The third-order valence-corrected chi connectivity index (χ3v) is 2.57. The van der Waals surface area contributed by atoms with Crippen molar-refractivity contribution < 1.29 is 0 Å². The molecule has 0 saturated heterocycles. The predicted octanol–water partition coefficient (Wildman–Crippen LogP) is 4.70. The van der Waals surface area contributed by atoms with Crippen LogP contribution in [0.1, 0.15) is 32.6 Å². The molecule has 0 aromatic carbocycles. The van der Waals surface area contributed by atoms with E-state index >= 15 is 0 Å². The zero-order chi connectivity index (χ0) is 8.91. The summed E-state index contributed by atoms with van der Waals surface area (Å²) in [5.41, 5.74) is 0. The van der Waals surface area contributed by atoms with Crippen molar-refractivity contribution in [2.45, 2.75) is 41.2 Å². The summed E-state index contributed by atoms with van der Waals surface area (Å²) < 4.78 is -1.11. The molecule has 0 aromatic rings. The van der Waals surface area contributed by atoms with Gasteiger partial charge in [-0.05, 0) is 6.42 Å². The van der Waals surface area contributed by atoms with Gasteiger partial charge in [0.15, 0.2) is 3.79 Å². The van der Waals surface area contributed by atoms with Crippen LogP contribution in [-0.2, 0) is 0 Å². The highest BCUT2D eigenvalue weighted by atomic mass is 79.9. The molecule has 1 unspecified atom stereocenters. The smallest absolute Gasteiger partial charge is 0.0889 e. The second-order valence-corrected chi connectivity index (χ2v) is 6.37. The lowest BCUT2D eigenvalue weighted by molar-refractivity contribution is 0.661. The summed E-state index contributed by atoms with van der Waals surface area (Å²) >= 11 is 20.3. The largest absolute Gasteiger partial charge is 0.191 e. The monoisotopic (exact) mass is 280 g/mol. The van der Waals surface area contributed by atoms with Crippen LogP contribution in [0.5, 0.6) is 0 Å². The quantitative estimate of drug-likeness (QED) is 0.656. The van der Waals surface area contributed by atoms with Crippen LogP contribution in [0.3, 0.4) is 0 Å². The second kappa shape index (κ2) is 5.90. The molecule has 0 aliphatic carbocycles. The fourth-order valence-corrected chi connectivity index (χ4v) is 2.71. The van der Waals surface area contributed by atoms with Crippen LogP contribution >= 0.6 is 50.7 Å². The van der Waals surface area contributed by atoms with Gasteiger partial charge >= 0.3 is 0 Å². The Balaban J connectivity index is 3.44. The summed E-state index contributed by atoms with van der Waals surface area (Å²) in [6.45, 7) is 2.15. The molecule has 0 heterocycles. The molecule has 1 atom stereocenters. The molecular formula is C7H12BrCl3. The lowest BCUT2D eigenvalue weighted by Gasteiger charge is -2.15. The van der Waals surface area contributed by atoms with Crippen molar-refractivity contribution >= 4 is 50.7 Å². The van der Waals surface area contributed by atoms with E-state index in [-0.39, 0.29) is 0 Å². The Bertz CT molecular complexity index is 100. The standard InChI is InChI=1S/C7H12BrCl3/c1-2-3-4-6(8)5-7(9,10)11/h6H,2-5H2,1H3. The lowest BCUT2D eigenvalue weighted by Crippen LogP contribution is -2.10. The molecule has 0 radical (unpaired) electrons. The maximum atomic E-state index is 5.61. The van der Waals surface area contributed by atoms with Crippen molar-refractivity contribution in [3.8, 4) is 0 Å². The van der Waals surface area contributed by atoms with Gasteiger partial charge < -0.3 is 0 Å². The zero-order valence-corrected chi connectivity index (χ0v) is 10.3. The SMILES string of the molecule is CCCCC(Br)CC(Cl)(Cl)Cl. The number of hydrogen-bond acceptors (Lipinski definition) is 0. The highest BCUT2D eigenvalue weighted by molar-refractivity contribution is 9.09. The fourth-order valence-electron chi connectivity index (χ4n) is 0.779. The van der Waals surface area contributed by atoms with Crippen LogP contribution in [0.25, 0.3) is 0 Å². The Morgan fingerprint density at radius 2 is 1.91 bits per heavy atom. The summed E-state index contributed by atoms with van der Waals surface area (Å²) in [5, 5.41) is 0. The highest BCUT2D eigenvalue weighted by Crippen LogP contribution is 2.34. The molecule has 0 aromatic heterocycles. The Labute approximate surface area is 91.7 Å². The minimum atomic E-state index is -1.11. The van der Waals surface area contributed by atoms with E-state index in [2.05, 4.69) is 22.9 Å². The van der Waals surface area contributed by atoms with Crippen LogP contribution in [0.4, 0.5) is 0 Å². The number of halogens is 4. The highest BCUT2D eigenvalue weighted by Gasteiger charge is 2.23. The topological polar surface area (TPSA) is 0 Å². The van der Waals surface area contributed by atoms with Gasteiger partial charge in [0.05, 0.1) is 0 Å². The molecule has 4 heteroatoms. The van der Waals surface area contributed by atoms with Gasteiger partial charge in [0.2, 0.25) is 0 Å². The van der Waals surface area contributed by atoms with Gasteiger partial charge in [-0.3, -0.25) is 0 Å². The second-order valence-electron chi connectivity index (χ2n) is 2.56. The van der Waals surface area contributed by atoms with Crippen molar-refractivity contribution in [2.75, 3.05) is 0 Å². The lowest BCUT2D eigenvalue weighted by atomic mass is 10.2. The summed E-state index contributed by atoms with van der Waals surface area (Å²) in [6.07, 6.45) is 4.01. The van der Waals surface area contributed by atoms with Gasteiger partial charge in [-0.1, -0.05) is 70.5 Å². The first-order valence-electron chi connectivity index (χ1n) is 3.66.